The number of alkyl halides is 3. The van der Waals surface area contributed by atoms with Gasteiger partial charge in [-0.05, 0) is 62.2 Å². The van der Waals surface area contributed by atoms with E-state index < -0.39 is 17.6 Å². The lowest BCUT2D eigenvalue weighted by molar-refractivity contribution is -0.137. The second kappa shape index (κ2) is 8.76. The smallest absolute Gasteiger partial charge is 0.298 e. The van der Waals surface area contributed by atoms with Gasteiger partial charge in [0.25, 0.3) is 5.91 Å². The number of benzene rings is 1. The van der Waals surface area contributed by atoms with Crippen molar-refractivity contribution in [3.05, 3.63) is 76.1 Å². The number of thiazole rings is 1. The zero-order chi connectivity index (χ0) is 22.0. The van der Waals surface area contributed by atoms with Crippen LogP contribution in [-0.4, -0.2) is 27.3 Å². The molecule has 1 aromatic carbocycles. The minimum absolute atomic E-state index is 0.148. The fraction of sp³-hybridized carbons (Fsp3) is 0.318. The van der Waals surface area contributed by atoms with E-state index in [-0.39, 0.29) is 11.6 Å². The maximum Gasteiger partial charge on any atom is 0.416 e. The van der Waals surface area contributed by atoms with Crippen LogP contribution in [0.4, 0.5) is 18.3 Å². The average Bonchev–Trinajstić information content (AvgIpc) is 3.38. The van der Waals surface area contributed by atoms with Gasteiger partial charge in [-0.1, -0.05) is 6.07 Å². The van der Waals surface area contributed by atoms with Crippen molar-refractivity contribution in [2.24, 2.45) is 0 Å². The second-order valence-electron chi connectivity index (χ2n) is 7.50. The Kier molecular flexibility index (Phi) is 6.06. The van der Waals surface area contributed by atoms with E-state index in [1.807, 2.05) is 24.4 Å². The standard InChI is InChI=1S/C22H21F3N4OS/c1-14-4-2-10-26-17(14)12-29-11-3-5-19(29)18-13-31-21(27-18)28-20(30)15-6-8-16(9-7-15)22(23,24)25/h2,4,6-10,13,19H,3,5,11-12H2,1H3,(H,27,28,30)/t19-/m0/s1. The van der Waals surface area contributed by atoms with E-state index in [9.17, 15) is 18.0 Å². The molecular weight excluding hydrogens is 425 g/mol. The monoisotopic (exact) mass is 446 g/mol. The number of carbonyl (C=O) groups is 1. The molecule has 5 nitrogen and oxygen atoms in total. The van der Waals surface area contributed by atoms with Crippen LogP contribution in [0.5, 0.6) is 0 Å². The van der Waals surface area contributed by atoms with E-state index in [4.69, 9.17) is 0 Å². The van der Waals surface area contributed by atoms with Gasteiger partial charge in [-0.2, -0.15) is 13.2 Å². The van der Waals surface area contributed by atoms with Crippen LogP contribution < -0.4 is 5.32 Å². The lowest BCUT2D eigenvalue weighted by Crippen LogP contribution is -2.24. The molecule has 2 aromatic heterocycles. The van der Waals surface area contributed by atoms with Crippen molar-refractivity contribution in [2.75, 3.05) is 11.9 Å². The summed E-state index contributed by atoms with van der Waals surface area (Å²) < 4.78 is 38.1. The summed E-state index contributed by atoms with van der Waals surface area (Å²) >= 11 is 1.31. The molecule has 3 heterocycles. The molecule has 3 aromatic rings. The molecule has 1 amide bonds. The van der Waals surface area contributed by atoms with Gasteiger partial charge >= 0.3 is 6.18 Å². The Morgan fingerprint density at radius 1 is 1.26 bits per heavy atom. The number of carbonyl (C=O) groups excluding carboxylic acids is 1. The molecule has 1 saturated heterocycles. The molecule has 0 spiro atoms. The normalized spacial score (nSPS) is 17.1. The van der Waals surface area contributed by atoms with Crippen LogP contribution in [0.1, 0.15) is 51.8 Å². The van der Waals surface area contributed by atoms with Gasteiger partial charge in [0, 0.05) is 23.7 Å². The Morgan fingerprint density at radius 2 is 2.03 bits per heavy atom. The van der Waals surface area contributed by atoms with Gasteiger partial charge in [-0.3, -0.25) is 20.0 Å². The number of hydrogen-bond acceptors (Lipinski definition) is 5. The van der Waals surface area contributed by atoms with Crippen molar-refractivity contribution in [1.82, 2.24) is 14.9 Å². The maximum absolute atomic E-state index is 12.7. The van der Waals surface area contributed by atoms with Crippen LogP contribution in [0.25, 0.3) is 0 Å². The first-order chi connectivity index (χ1) is 14.8. The number of halogens is 3. The molecule has 1 atom stereocenters. The fourth-order valence-corrected chi connectivity index (χ4v) is 4.46. The number of aryl methyl sites for hydroxylation is 1. The highest BCUT2D eigenvalue weighted by Crippen LogP contribution is 2.35. The number of likely N-dealkylation sites (tertiary alicyclic amines) is 1. The first-order valence-electron chi connectivity index (χ1n) is 9.90. The molecule has 0 saturated carbocycles. The molecule has 1 fully saturated rings. The molecule has 0 bridgehead atoms. The Hall–Kier alpha value is -2.78. The van der Waals surface area contributed by atoms with E-state index in [0.29, 0.717) is 5.13 Å². The molecule has 0 unspecified atom stereocenters. The van der Waals surface area contributed by atoms with E-state index in [1.165, 1.54) is 23.5 Å². The summed E-state index contributed by atoms with van der Waals surface area (Å²) in [5.74, 6) is -0.484. The van der Waals surface area contributed by atoms with Crippen LogP contribution in [0.15, 0.2) is 48.0 Å². The highest BCUT2D eigenvalue weighted by atomic mass is 32.1. The highest BCUT2D eigenvalue weighted by molar-refractivity contribution is 7.14. The topological polar surface area (TPSA) is 58.1 Å². The fourth-order valence-electron chi connectivity index (χ4n) is 3.70. The minimum atomic E-state index is -4.43. The third-order valence-electron chi connectivity index (χ3n) is 5.39. The van der Waals surface area contributed by atoms with E-state index in [0.717, 1.165) is 55.0 Å². The molecule has 31 heavy (non-hydrogen) atoms. The number of aromatic nitrogens is 2. The van der Waals surface area contributed by atoms with E-state index in [2.05, 4.69) is 20.2 Å². The highest BCUT2D eigenvalue weighted by Gasteiger charge is 2.31. The lowest BCUT2D eigenvalue weighted by Gasteiger charge is -2.23. The Balaban J connectivity index is 1.43. The van der Waals surface area contributed by atoms with Crippen molar-refractivity contribution in [1.29, 1.82) is 0 Å². The van der Waals surface area contributed by atoms with Gasteiger partial charge in [0.15, 0.2) is 5.13 Å². The van der Waals surface area contributed by atoms with Crippen molar-refractivity contribution >= 4 is 22.4 Å². The molecule has 0 aliphatic carbocycles. The summed E-state index contributed by atoms with van der Waals surface area (Å²) in [4.78, 5) is 23.8. The Bertz CT molecular complexity index is 1070. The van der Waals surface area contributed by atoms with Crippen molar-refractivity contribution < 1.29 is 18.0 Å². The van der Waals surface area contributed by atoms with Gasteiger partial charge in [-0.15, -0.1) is 11.3 Å². The largest absolute Gasteiger partial charge is 0.416 e. The van der Waals surface area contributed by atoms with Gasteiger partial charge in [0.1, 0.15) is 0 Å². The minimum Gasteiger partial charge on any atom is -0.298 e. The van der Waals surface area contributed by atoms with Gasteiger partial charge in [0.2, 0.25) is 0 Å². The number of pyridine rings is 1. The quantitative estimate of drug-likeness (QED) is 0.566. The lowest BCUT2D eigenvalue weighted by atomic mass is 10.1. The third kappa shape index (κ3) is 4.94. The summed E-state index contributed by atoms with van der Waals surface area (Å²) in [7, 11) is 0. The Labute approximate surface area is 182 Å². The number of anilines is 1. The maximum atomic E-state index is 12.7. The number of nitrogens with zero attached hydrogens (tertiary/aromatic N) is 3. The van der Waals surface area contributed by atoms with Crippen molar-refractivity contribution in [3.63, 3.8) is 0 Å². The zero-order valence-corrected chi connectivity index (χ0v) is 17.6. The van der Waals surface area contributed by atoms with Crippen LogP contribution in [-0.2, 0) is 12.7 Å². The molecule has 1 aliphatic rings. The predicted octanol–water partition coefficient (Wildman–Crippen LogP) is 5.45. The number of hydrogen-bond donors (Lipinski definition) is 1. The number of amides is 1. The third-order valence-corrected chi connectivity index (χ3v) is 6.17. The number of nitrogens with one attached hydrogen (secondary N) is 1. The van der Waals surface area contributed by atoms with Crippen LogP contribution in [0, 0.1) is 6.92 Å². The van der Waals surface area contributed by atoms with Gasteiger partial charge < -0.3 is 0 Å². The molecule has 0 radical (unpaired) electrons. The summed E-state index contributed by atoms with van der Waals surface area (Å²) in [5, 5.41) is 5.05. The van der Waals surface area contributed by atoms with Crippen LogP contribution in [0.2, 0.25) is 0 Å². The van der Waals surface area contributed by atoms with Gasteiger partial charge in [-0.25, -0.2) is 4.98 Å². The van der Waals surface area contributed by atoms with E-state index in [1.54, 1.807) is 6.20 Å². The van der Waals surface area contributed by atoms with Gasteiger partial charge in [0.05, 0.1) is 23.0 Å². The average molecular weight is 446 g/mol. The Morgan fingerprint density at radius 3 is 2.74 bits per heavy atom. The van der Waals surface area contributed by atoms with Crippen LogP contribution in [0.3, 0.4) is 0 Å². The summed E-state index contributed by atoms with van der Waals surface area (Å²) in [6.07, 6.45) is -0.603. The first kappa shape index (κ1) is 21.5. The SMILES string of the molecule is Cc1cccnc1CN1CCC[C@H]1c1csc(NC(=O)c2ccc(C(F)(F)F)cc2)n1. The molecule has 162 valence electrons. The summed E-state index contributed by atoms with van der Waals surface area (Å²) in [6.45, 7) is 3.73. The molecular formula is C22H21F3N4OS. The second-order valence-corrected chi connectivity index (χ2v) is 8.36. The number of rotatable bonds is 5. The molecule has 1 aliphatic heterocycles. The predicted molar refractivity (Wildman–Crippen MR) is 113 cm³/mol. The summed E-state index contributed by atoms with van der Waals surface area (Å²) in [6, 6.07) is 8.25. The van der Waals surface area contributed by atoms with Crippen molar-refractivity contribution in [3.8, 4) is 0 Å². The molecule has 1 N–H and O–H groups in total. The molecule has 9 heteroatoms. The van der Waals surface area contributed by atoms with E-state index >= 15 is 0 Å². The zero-order valence-electron chi connectivity index (χ0n) is 16.8. The first-order valence-corrected chi connectivity index (χ1v) is 10.8. The molecule has 4 rings (SSSR count). The summed E-state index contributed by atoms with van der Waals surface area (Å²) in [5.41, 5.74) is 2.44. The van der Waals surface area contributed by atoms with Crippen LogP contribution >= 0.6 is 11.3 Å². The van der Waals surface area contributed by atoms with Crippen molar-refractivity contribution in [2.45, 2.75) is 38.5 Å².